The fraction of sp³-hybridized carbons (Fsp3) is 0.500. The first-order valence-electron chi connectivity index (χ1n) is 11.0. The molecule has 1 saturated carbocycles. The van der Waals surface area contributed by atoms with Crippen molar-refractivity contribution in [3.63, 3.8) is 0 Å². The maximum Gasteiger partial charge on any atom is 0.0587 e. The van der Waals surface area contributed by atoms with Crippen LogP contribution in [0, 0.1) is 11.3 Å². The lowest BCUT2D eigenvalue weighted by atomic mass is 9.95. The molecule has 1 aliphatic carbocycles. The van der Waals surface area contributed by atoms with Crippen LogP contribution < -0.4 is 0 Å². The van der Waals surface area contributed by atoms with Gasteiger partial charge in [-0.2, -0.15) is 5.26 Å². The molecule has 2 nitrogen and oxygen atoms in total. The number of nitriles is 1. The molecule has 2 aromatic carbocycles. The second-order valence-electron chi connectivity index (χ2n) is 7.88. The first kappa shape index (κ1) is 23.5. The van der Waals surface area contributed by atoms with E-state index in [-0.39, 0.29) is 0 Å². The normalized spacial score (nSPS) is 18.2. The van der Waals surface area contributed by atoms with E-state index in [0.717, 1.165) is 19.5 Å². The number of halogens is 1. The summed E-state index contributed by atoms with van der Waals surface area (Å²) in [6.45, 7) is 7.10. The largest absolute Gasteiger partial charge is 0.299 e. The van der Waals surface area contributed by atoms with Gasteiger partial charge in [0.25, 0.3) is 0 Å². The summed E-state index contributed by atoms with van der Waals surface area (Å²) in [5, 5.41) is 7.65. The van der Waals surface area contributed by atoms with Gasteiger partial charge in [0, 0.05) is 24.8 Å². The molecule has 3 rings (SSSR count). The number of nitrogens with zero attached hydrogens (tertiary/aromatic N) is 2. The standard InChI is InChI=1S/C24H32ClN.C2H3N/c1-2-17-26(19-21-8-4-3-5-9-21)18-7-10-20-13-15-22(16-14-20)23-11-6-12-24(23)25;1-2-3/h3-5,8-9,13-16,23-24H,2,6-7,10-12,17-19H2,1H3;1H3. The van der Waals surface area contributed by atoms with Gasteiger partial charge in [0.2, 0.25) is 0 Å². The fourth-order valence-corrected chi connectivity index (χ4v) is 4.58. The first-order valence-corrected chi connectivity index (χ1v) is 11.4. The molecule has 156 valence electrons. The molecule has 1 fully saturated rings. The quantitative estimate of drug-likeness (QED) is 0.418. The summed E-state index contributed by atoms with van der Waals surface area (Å²) in [5.41, 5.74) is 4.30. The van der Waals surface area contributed by atoms with Crippen molar-refractivity contribution in [2.24, 2.45) is 0 Å². The van der Waals surface area contributed by atoms with Crippen molar-refractivity contribution in [1.29, 1.82) is 5.26 Å². The molecule has 0 radical (unpaired) electrons. The van der Waals surface area contributed by atoms with Crippen LogP contribution in [0.5, 0.6) is 0 Å². The molecule has 2 unspecified atom stereocenters. The monoisotopic (exact) mass is 410 g/mol. The van der Waals surface area contributed by atoms with Crippen molar-refractivity contribution >= 4 is 11.6 Å². The van der Waals surface area contributed by atoms with Crippen LogP contribution in [0.3, 0.4) is 0 Å². The Labute approximate surface area is 182 Å². The zero-order valence-corrected chi connectivity index (χ0v) is 18.7. The van der Waals surface area contributed by atoms with Crippen LogP contribution in [0.4, 0.5) is 0 Å². The molecule has 0 saturated heterocycles. The molecule has 3 heteroatoms. The molecule has 0 amide bonds. The number of hydrogen-bond acceptors (Lipinski definition) is 2. The Hall–Kier alpha value is -1.82. The van der Waals surface area contributed by atoms with Crippen LogP contribution in [0.15, 0.2) is 54.6 Å². The summed E-state index contributed by atoms with van der Waals surface area (Å²) in [7, 11) is 0. The lowest BCUT2D eigenvalue weighted by Crippen LogP contribution is -2.25. The van der Waals surface area contributed by atoms with Gasteiger partial charge in [-0.05, 0) is 61.9 Å². The maximum atomic E-state index is 7.32. The first-order chi connectivity index (χ1) is 14.2. The molecule has 1 aliphatic rings. The van der Waals surface area contributed by atoms with Gasteiger partial charge in [-0.25, -0.2) is 0 Å². The lowest BCUT2D eigenvalue weighted by molar-refractivity contribution is 0.262. The van der Waals surface area contributed by atoms with Gasteiger partial charge in [-0.3, -0.25) is 4.90 Å². The van der Waals surface area contributed by atoms with Crippen LogP contribution in [-0.4, -0.2) is 23.4 Å². The number of hydrogen-bond donors (Lipinski definition) is 0. The summed E-state index contributed by atoms with van der Waals surface area (Å²) >= 11 is 6.46. The third-order valence-electron chi connectivity index (χ3n) is 5.57. The van der Waals surface area contributed by atoms with Crippen LogP contribution in [0.2, 0.25) is 0 Å². The van der Waals surface area contributed by atoms with E-state index in [0.29, 0.717) is 11.3 Å². The second-order valence-corrected chi connectivity index (χ2v) is 8.44. The van der Waals surface area contributed by atoms with E-state index in [1.54, 1.807) is 6.07 Å². The van der Waals surface area contributed by atoms with E-state index in [1.807, 2.05) is 0 Å². The van der Waals surface area contributed by atoms with Crippen molar-refractivity contribution < 1.29 is 0 Å². The van der Waals surface area contributed by atoms with Crippen molar-refractivity contribution in [2.45, 2.75) is 70.2 Å². The predicted octanol–water partition coefficient (Wildman–Crippen LogP) is 6.94. The maximum absolute atomic E-state index is 7.32. The van der Waals surface area contributed by atoms with E-state index in [2.05, 4.69) is 66.4 Å². The van der Waals surface area contributed by atoms with Crippen molar-refractivity contribution in [3.05, 3.63) is 71.3 Å². The summed E-state index contributed by atoms with van der Waals surface area (Å²) in [5.74, 6) is 0.566. The Balaban J connectivity index is 0.000000941. The number of alkyl halides is 1. The van der Waals surface area contributed by atoms with Gasteiger partial charge >= 0.3 is 0 Å². The van der Waals surface area contributed by atoms with Gasteiger partial charge in [0.1, 0.15) is 0 Å². The van der Waals surface area contributed by atoms with Crippen LogP contribution in [0.25, 0.3) is 0 Å². The highest BCUT2D eigenvalue weighted by atomic mass is 35.5. The van der Waals surface area contributed by atoms with Gasteiger partial charge < -0.3 is 0 Å². The van der Waals surface area contributed by atoms with Gasteiger partial charge in [-0.15, -0.1) is 11.6 Å². The number of rotatable bonds is 9. The minimum absolute atomic E-state index is 0.335. The van der Waals surface area contributed by atoms with Crippen molar-refractivity contribution in [3.8, 4) is 6.07 Å². The SMILES string of the molecule is CC#N.CCCN(CCCc1ccc(C2CCCC2Cl)cc1)Cc1ccccc1. The molecular weight excluding hydrogens is 376 g/mol. The zero-order valence-electron chi connectivity index (χ0n) is 18.0. The molecule has 0 aliphatic heterocycles. The molecule has 2 aromatic rings. The highest BCUT2D eigenvalue weighted by Gasteiger charge is 2.26. The van der Waals surface area contributed by atoms with Gasteiger partial charge in [0.15, 0.2) is 0 Å². The average Bonchev–Trinajstić information content (AvgIpc) is 3.16. The Kier molecular flexibility index (Phi) is 10.8. The minimum Gasteiger partial charge on any atom is -0.299 e. The molecular formula is C26H35ClN2. The molecule has 0 bridgehead atoms. The Morgan fingerprint density at radius 3 is 2.28 bits per heavy atom. The number of benzene rings is 2. The van der Waals surface area contributed by atoms with E-state index in [1.165, 1.54) is 62.3 Å². The molecule has 0 spiro atoms. The van der Waals surface area contributed by atoms with Crippen LogP contribution >= 0.6 is 11.6 Å². The molecule has 0 aromatic heterocycles. The third kappa shape index (κ3) is 8.21. The average molecular weight is 411 g/mol. The smallest absolute Gasteiger partial charge is 0.0587 e. The van der Waals surface area contributed by atoms with Crippen LogP contribution in [-0.2, 0) is 13.0 Å². The van der Waals surface area contributed by atoms with Crippen molar-refractivity contribution in [2.75, 3.05) is 13.1 Å². The topological polar surface area (TPSA) is 27.0 Å². The van der Waals surface area contributed by atoms with E-state index in [4.69, 9.17) is 16.9 Å². The minimum atomic E-state index is 0.335. The highest BCUT2D eigenvalue weighted by Crippen LogP contribution is 2.38. The van der Waals surface area contributed by atoms with Gasteiger partial charge in [0.05, 0.1) is 6.07 Å². The van der Waals surface area contributed by atoms with Gasteiger partial charge in [-0.1, -0.05) is 67.9 Å². The summed E-state index contributed by atoms with van der Waals surface area (Å²) in [6.07, 6.45) is 7.28. The van der Waals surface area contributed by atoms with Crippen molar-refractivity contribution in [1.82, 2.24) is 4.90 Å². The van der Waals surface area contributed by atoms with E-state index >= 15 is 0 Å². The molecule has 0 heterocycles. The molecule has 2 atom stereocenters. The van der Waals surface area contributed by atoms with E-state index < -0.39 is 0 Å². The van der Waals surface area contributed by atoms with Crippen LogP contribution in [0.1, 0.15) is 68.6 Å². The summed E-state index contributed by atoms with van der Waals surface area (Å²) in [6, 6.07) is 21.8. The Bertz CT molecular complexity index is 721. The second kappa shape index (κ2) is 13.4. The third-order valence-corrected chi connectivity index (χ3v) is 6.09. The zero-order chi connectivity index (χ0) is 20.9. The van der Waals surface area contributed by atoms with E-state index in [9.17, 15) is 0 Å². The predicted molar refractivity (Wildman–Crippen MR) is 124 cm³/mol. The molecule has 0 N–H and O–H groups in total. The molecule has 29 heavy (non-hydrogen) atoms. The summed E-state index contributed by atoms with van der Waals surface area (Å²) < 4.78 is 0. The lowest BCUT2D eigenvalue weighted by Gasteiger charge is -2.22. The number of aryl methyl sites for hydroxylation is 1. The summed E-state index contributed by atoms with van der Waals surface area (Å²) in [4.78, 5) is 2.58. The highest BCUT2D eigenvalue weighted by molar-refractivity contribution is 6.21. The Morgan fingerprint density at radius 1 is 1.00 bits per heavy atom. The fourth-order valence-electron chi connectivity index (χ4n) is 4.16. The Morgan fingerprint density at radius 2 is 1.69 bits per heavy atom.